The summed E-state index contributed by atoms with van der Waals surface area (Å²) in [4.78, 5) is 36.2. The number of alkyl halides is 3. The Morgan fingerprint density at radius 2 is 1.69 bits per heavy atom. The quantitative estimate of drug-likeness (QED) is 0.430. The van der Waals surface area contributed by atoms with E-state index in [0.717, 1.165) is 12.1 Å². The van der Waals surface area contributed by atoms with Crippen LogP contribution in [0.2, 0.25) is 0 Å². The lowest BCUT2D eigenvalue weighted by Crippen LogP contribution is -2.30. The molecular formula is C21H23F3N4O4. The van der Waals surface area contributed by atoms with Crippen molar-refractivity contribution in [2.45, 2.75) is 26.4 Å². The van der Waals surface area contributed by atoms with E-state index in [1.54, 1.807) is 29.2 Å². The minimum absolute atomic E-state index is 0.0312. The summed E-state index contributed by atoms with van der Waals surface area (Å²) >= 11 is 0. The molecule has 11 heteroatoms. The van der Waals surface area contributed by atoms with Crippen molar-refractivity contribution in [2.75, 3.05) is 30.3 Å². The Balaban J connectivity index is 1.94. The summed E-state index contributed by atoms with van der Waals surface area (Å²) in [6.07, 6.45) is -4.78. The number of hydrogen-bond acceptors (Lipinski definition) is 5. The third-order valence-electron chi connectivity index (χ3n) is 4.66. The van der Waals surface area contributed by atoms with Crippen LogP contribution in [0, 0.1) is 10.1 Å². The van der Waals surface area contributed by atoms with Gasteiger partial charge >= 0.3 is 6.18 Å². The second-order valence-corrected chi connectivity index (χ2v) is 6.77. The smallest absolute Gasteiger partial charge is 0.379 e. The molecule has 2 rings (SSSR count). The van der Waals surface area contributed by atoms with Gasteiger partial charge in [-0.2, -0.15) is 13.2 Å². The Kier molecular flexibility index (Phi) is 8.16. The zero-order chi connectivity index (χ0) is 23.9. The molecule has 0 spiro atoms. The van der Waals surface area contributed by atoms with Crippen molar-refractivity contribution < 1.29 is 27.7 Å². The second-order valence-electron chi connectivity index (χ2n) is 6.77. The molecule has 172 valence electrons. The predicted molar refractivity (Wildman–Crippen MR) is 114 cm³/mol. The number of halogens is 3. The van der Waals surface area contributed by atoms with Crippen LogP contribution < -0.4 is 10.6 Å². The van der Waals surface area contributed by atoms with E-state index in [9.17, 15) is 32.9 Å². The number of anilines is 2. The van der Waals surface area contributed by atoms with Crippen LogP contribution in [0.4, 0.5) is 30.2 Å². The highest BCUT2D eigenvalue weighted by Gasteiger charge is 2.33. The number of benzene rings is 2. The number of rotatable bonds is 9. The van der Waals surface area contributed by atoms with Crippen molar-refractivity contribution in [2.24, 2.45) is 0 Å². The number of carbonyl (C=O) groups is 2. The summed E-state index contributed by atoms with van der Waals surface area (Å²) in [5, 5.41) is 16.3. The summed E-state index contributed by atoms with van der Waals surface area (Å²) in [6.45, 7) is 4.89. The fourth-order valence-corrected chi connectivity index (χ4v) is 2.93. The monoisotopic (exact) mass is 452 g/mol. The van der Waals surface area contributed by atoms with E-state index in [4.69, 9.17) is 0 Å². The van der Waals surface area contributed by atoms with Crippen molar-refractivity contribution in [3.63, 3.8) is 0 Å². The van der Waals surface area contributed by atoms with Gasteiger partial charge < -0.3 is 15.5 Å². The molecule has 0 bridgehead atoms. The maximum Gasteiger partial charge on any atom is 0.416 e. The van der Waals surface area contributed by atoms with Crippen LogP contribution in [0.25, 0.3) is 0 Å². The predicted octanol–water partition coefficient (Wildman–Crippen LogP) is 4.54. The fraction of sp³-hybridized carbons (Fsp3) is 0.333. The van der Waals surface area contributed by atoms with Gasteiger partial charge in [-0.1, -0.05) is 0 Å². The van der Waals surface area contributed by atoms with E-state index in [2.05, 4.69) is 10.6 Å². The van der Waals surface area contributed by atoms with E-state index < -0.39 is 28.3 Å². The van der Waals surface area contributed by atoms with Crippen LogP contribution in [0.15, 0.2) is 42.5 Å². The van der Waals surface area contributed by atoms with Crippen molar-refractivity contribution >= 4 is 28.9 Å². The number of nitro benzene ring substituents is 1. The Bertz CT molecular complexity index is 974. The molecule has 2 aromatic rings. The molecule has 0 radical (unpaired) electrons. The molecule has 0 saturated heterocycles. The molecule has 8 nitrogen and oxygen atoms in total. The van der Waals surface area contributed by atoms with E-state index in [0.29, 0.717) is 30.4 Å². The molecule has 0 heterocycles. The minimum atomic E-state index is -4.70. The zero-order valence-electron chi connectivity index (χ0n) is 17.5. The Morgan fingerprint density at radius 3 is 2.22 bits per heavy atom. The molecule has 0 aliphatic heterocycles. The Hall–Kier alpha value is -3.63. The SMILES string of the molecule is CCN(CC)C(=O)c1ccc(NC(=O)CCNc2ccc(C(F)(F)F)cc2[N+](=O)[O-])cc1. The van der Waals surface area contributed by atoms with E-state index in [-0.39, 0.29) is 24.6 Å². The molecule has 2 N–H and O–H groups in total. The van der Waals surface area contributed by atoms with Gasteiger partial charge in [-0.25, -0.2) is 0 Å². The number of hydrogen-bond donors (Lipinski definition) is 2. The topological polar surface area (TPSA) is 105 Å². The van der Waals surface area contributed by atoms with Crippen LogP contribution in [0.5, 0.6) is 0 Å². The first kappa shape index (κ1) is 24.6. The Morgan fingerprint density at radius 1 is 1.06 bits per heavy atom. The number of nitrogens with zero attached hydrogens (tertiary/aromatic N) is 2. The summed E-state index contributed by atoms with van der Waals surface area (Å²) in [5.74, 6) is -0.523. The number of carbonyl (C=O) groups excluding carboxylic acids is 2. The van der Waals surface area contributed by atoms with Gasteiger partial charge in [-0.3, -0.25) is 19.7 Å². The Labute approximate surface area is 182 Å². The van der Waals surface area contributed by atoms with E-state index >= 15 is 0 Å². The molecule has 0 saturated carbocycles. The second kappa shape index (κ2) is 10.6. The van der Waals surface area contributed by atoms with Gasteiger partial charge in [0.25, 0.3) is 11.6 Å². The molecule has 0 aliphatic rings. The van der Waals surface area contributed by atoms with Gasteiger partial charge in [0.05, 0.1) is 10.5 Å². The average Bonchev–Trinajstić information content (AvgIpc) is 2.74. The first-order chi connectivity index (χ1) is 15.1. The fourth-order valence-electron chi connectivity index (χ4n) is 2.93. The van der Waals surface area contributed by atoms with Crippen LogP contribution in [-0.2, 0) is 11.0 Å². The van der Waals surface area contributed by atoms with Crippen molar-refractivity contribution in [3.8, 4) is 0 Å². The van der Waals surface area contributed by atoms with Crippen molar-refractivity contribution in [1.29, 1.82) is 0 Å². The third kappa shape index (κ3) is 6.43. The lowest BCUT2D eigenvalue weighted by Gasteiger charge is -2.18. The molecule has 0 fully saturated rings. The van der Waals surface area contributed by atoms with Gasteiger partial charge in [-0.05, 0) is 50.2 Å². The van der Waals surface area contributed by atoms with E-state index in [1.807, 2.05) is 13.8 Å². The molecule has 2 amide bonds. The highest BCUT2D eigenvalue weighted by atomic mass is 19.4. The van der Waals surface area contributed by atoms with Gasteiger partial charge in [-0.15, -0.1) is 0 Å². The largest absolute Gasteiger partial charge is 0.416 e. The van der Waals surface area contributed by atoms with Crippen LogP contribution in [0.3, 0.4) is 0 Å². The van der Waals surface area contributed by atoms with Gasteiger partial charge in [0.15, 0.2) is 0 Å². The maximum atomic E-state index is 12.8. The molecule has 2 aromatic carbocycles. The normalized spacial score (nSPS) is 11.0. The molecule has 0 unspecified atom stereocenters. The third-order valence-corrected chi connectivity index (χ3v) is 4.66. The summed E-state index contributed by atoms with van der Waals surface area (Å²) in [6, 6.07) is 8.51. The molecular weight excluding hydrogens is 429 g/mol. The standard InChI is InChI=1S/C21H23F3N4O4/c1-3-27(4-2)20(30)14-5-8-16(9-6-14)26-19(29)11-12-25-17-10-7-15(21(22,23)24)13-18(17)28(31)32/h5-10,13,25H,3-4,11-12H2,1-2H3,(H,26,29). The van der Waals surface area contributed by atoms with Crippen LogP contribution >= 0.6 is 0 Å². The minimum Gasteiger partial charge on any atom is -0.379 e. The first-order valence-electron chi connectivity index (χ1n) is 9.85. The highest BCUT2D eigenvalue weighted by molar-refractivity contribution is 5.95. The van der Waals surface area contributed by atoms with Gasteiger partial charge in [0.1, 0.15) is 5.69 Å². The molecule has 0 aromatic heterocycles. The number of amides is 2. The lowest BCUT2D eigenvalue weighted by molar-refractivity contribution is -0.384. The first-order valence-corrected chi connectivity index (χ1v) is 9.85. The summed E-state index contributed by atoms with van der Waals surface area (Å²) < 4.78 is 38.3. The van der Waals surface area contributed by atoms with Gasteiger partial charge in [0.2, 0.25) is 5.91 Å². The molecule has 32 heavy (non-hydrogen) atoms. The lowest BCUT2D eigenvalue weighted by atomic mass is 10.1. The van der Waals surface area contributed by atoms with E-state index in [1.165, 1.54) is 0 Å². The average molecular weight is 452 g/mol. The number of nitrogens with one attached hydrogen (secondary N) is 2. The van der Waals surface area contributed by atoms with Crippen molar-refractivity contribution in [1.82, 2.24) is 4.90 Å². The van der Waals surface area contributed by atoms with Crippen molar-refractivity contribution in [3.05, 3.63) is 63.7 Å². The summed E-state index contributed by atoms with van der Waals surface area (Å²) in [7, 11) is 0. The summed E-state index contributed by atoms with van der Waals surface area (Å²) in [5.41, 5.74) is -1.02. The maximum absolute atomic E-state index is 12.8. The zero-order valence-corrected chi connectivity index (χ0v) is 17.5. The van der Waals surface area contributed by atoms with Crippen LogP contribution in [0.1, 0.15) is 36.2 Å². The molecule has 0 aliphatic carbocycles. The van der Waals surface area contributed by atoms with Gasteiger partial charge in [0, 0.05) is 43.4 Å². The van der Waals surface area contributed by atoms with Crippen LogP contribution in [-0.4, -0.2) is 41.3 Å². The highest BCUT2D eigenvalue weighted by Crippen LogP contribution is 2.34. The molecule has 0 atom stereocenters. The number of nitro groups is 1.